The van der Waals surface area contributed by atoms with E-state index in [1.54, 1.807) is 6.92 Å². The molecule has 10 atom stereocenters. The Kier molecular flexibility index (Phi) is 16.8. The summed E-state index contributed by atoms with van der Waals surface area (Å²) in [6.45, 7) is 14.9. The van der Waals surface area contributed by atoms with Crippen molar-refractivity contribution in [2.24, 2.45) is 59.2 Å². The third kappa shape index (κ3) is 11.9. The summed E-state index contributed by atoms with van der Waals surface area (Å²) in [6, 6.07) is 0. The zero-order valence-electron chi connectivity index (χ0n) is 33.6. The van der Waals surface area contributed by atoms with Gasteiger partial charge in [-0.1, -0.05) is 48.0 Å². The van der Waals surface area contributed by atoms with Gasteiger partial charge in [0.15, 0.2) is 16.8 Å². The van der Waals surface area contributed by atoms with Gasteiger partial charge in [-0.15, -0.1) is 0 Å². The Bertz CT molecular complexity index is 1150. The van der Waals surface area contributed by atoms with E-state index in [2.05, 4.69) is 27.7 Å². The third-order valence-electron chi connectivity index (χ3n) is 14.2. The molecular weight excluding hydrogens is 731 g/mol. The Morgan fingerprint density at radius 2 is 1.11 bits per heavy atom. The highest BCUT2D eigenvalue weighted by atomic mass is 19.4. The van der Waals surface area contributed by atoms with E-state index in [9.17, 15) is 59.6 Å². The van der Waals surface area contributed by atoms with Crippen LogP contribution in [0.15, 0.2) is 0 Å². The van der Waals surface area contributed by atoms with Crippen LogP contribution in [0.3, 0.4) is 0 Å². The van der Waals surface area contributed by atoms with E-state index in [0.29, 0.717) is 67.6 Å². The number of carbonyl (C=O) groups is 1. The van der Waals surface area contributed by atoms with E-state index in [-0.39, 0.29) is 43.2 Å². The average molecular weight is 799 g/mol. The fraction of sp³-hybridized carbons (Fsp3) is 0.975. The number of alkyl halides is 9. The van der Waals surface area contributed by atoms with Crippen LogP contribution in [0.2, 0.25) is 0 Å². The maximum Gasteiger partial charge on any atom is 0.417 e. The highest BCUT2D eigenvalue weighted by Gasteiger charge is 2.57. The predicted molar refractivity (Wildman–Crippen MR) is 189 cm³/mol. The molecule has 5 nitrogen and oxygen atoms in total. The summed E-state index contributed by atoms with van der Waals surface area (Å²) in [4.78, 5) is 11.6. The van der Waals surface area contributed by atoms with Crippen molar-refractivity contribution in [3.63, 3.8) is 0 Å². The van der Waals surface area contributed by atoms with Crippen molar-refractivity contribution in [3.8, 4) is 0 Å². The summed E-state index contributed by atoms with van der Waals surface area (Å²) in [6.07, 6.45) is -6.66. The van der Waals surface area contributed by atoms with Gasteiger partial charge >= 0.3 is 24.5 Å². The second-order valence-electron chi connectivity index (χ2n) is 17.9. The first-order valence-corrected chi connectivity index (χ1v) is 20.0. The first-order valence-electron chi connectivity index (χ1n) is 20.0. The fourth-order valence-corrected chi connectivity index (χ4v) is 9.19. The first kappa shape index (κ1) is 48.9. The Hall–Kier alpha value is -1.28. The summed E-state index contributed by atoms with van der Waals surface area (Å²) in [5.74, 6) is 1.28. The van der Waals surface area contributed by atoms with Crippen LogP contribution in [0.4, 0.5) is 39.5 Å². The third-order valence-corrected chi connectivity index (χ3v) is 14.2. The molecule has 0 amide bonds. The Balaban J connectivity index is 0.000000281. The lowest BCUT2D eigenvalue weighted by atomic mass is 9.70. The van der Waals surface area contributed by atoms with E-state index in [4.69, 9.17) is 4.74 Å². The van der Waals surface area contributed by atoms with Crippen LogP contribution in [0.1, 0.15) is 146 Å². The Morgan fingerprint density at radius 3 is 1.46 bits per heavy atom. The summed E-state index contributed by atoms with van der Waals surface area (Å²) >= 11 is 0. The largest absolute Gasteiger partial charge is 0.462 e. The van der Waals surface area contributed by atoms with Gasteiger partial charge in [0.2, 0.25) is 0 Å². The predicted octanol–water partition coefficient (Wildman–Crippen LogP) is 11.2. The van der Waals surface area contributed by atoms with Crippen molar-refractivity contribution in [3.05, 3.63) is 0 Å². The number of hydrogen-bond acceptors (Lipinski definition) is 5. The number of ether oxygens (including phenoxy) is 1. The highest BCUT2D eigenvalue weighted by Crippen LogP contribution is 2.57. The molecule has 320 valence electrons. The van der Waals surface area contributed by atoms with Gasteiger partial charge in [-0.25, -0.2) is 0 Å². The normalized spacial score (nSPS) is 34.8. The minimum atomic E-state index is -4.63. The Labute approximate surface area is 316 Å². The van der Waals surface area contributed by atoms with Crippen LogP contribution >= 0.6 is 0 Å². The molecule has 0 aromatic heterocycles. The van der Waals surface area contributed by atoms with E-state index in [1.807, 2.05) is 6.92 Å². The summed E-state index contributed by atoms with van der Waals surface area (Å²) in [5, 5.41) is 28.8. The smallest absolute Gasteiger partial charge is 0.417 e. The van der Waals surface area contributed by atoms with Crippen LogP contribution in [-0.2, 0) is 9.53 Å². The van der Waals surface area contributed by atoms with Crippen molar-refractivity contribution in [1.29, 1.82) is 0 Å². The molecule has 4 fully saturated rings. The standard InChI is InChI=1S/C14H23F3O3.C13H21F3O.C13H23F3O/c1-4-9(2)12(18)20-11-7-5-10(6-8-11)13(3,19)14(15,16)17;1-7-8(2)11-5-9(7)4-10(11)6-12(3,17)13(14,15)16;1-4-9(2)10-5-7-11(8-6-10)12(3,17)13(14,15)16/h9-11,19H,4-8H2,1-3H3;7-11,17H,4-6H2,1-3H3;9-11,17H,4-8H2,1-3H3. The molecule has 4 saturated carbocycles. The van der Waals surface area contributed by atoms with Gasteiger partial charge in [0.25, 0.3) is 0 Å². The monoisotopic (exact) mass is 798 g/mol. The van der Waals surface area contributed by atoms with Crippen molar-refractivity contribution in [2.45, 2.75) is 187 Å². The SMILES string of the molecule is CC1C2CC(CC(C)(O)C(F)(F)F)C(C2)C1C.CCC(C)C(=O)OC1CCC(C(C)(O)C(F)(F)F)CC1.CCC(C)C1CCC(C(C)(O)C(F)(F)F)CC1. The quantitative estimate of drug-likeness (QED) is 0.160. The van der Waals surface area contributed by atoms with Crippen LogP contribution in [0.25, 0.3) is 0 Å². The molecule has 54 heavy (non-hydrogen) atoms. The van der Waals surface area contributed by atoms with Gasteiger partial charge in [0.1, 0.15) is 6.10 Å². The van der Waals surface area contributed by atoms with Crippen molar-refractivity contribution >= 4 is 5.97 Å². The molecule has 0 saturated heterocycles. The maximum atomic E-state index is 12.7. The van der Waals surface area contributed by atoms with Crippen LogP contribution in [-0.4, -0.2) is 62.7 Å². The van der Waals surface area contributed by atoms with Crippen LogP contribution in [0, 0.1) is 59.2 Å². The number of esters is 1. The molecule has 0 spiro atoms. The van der Waals surface area contributed by atoms with Crippen LogP contribution in [0.5, 0.6) is 0 Å². The Morgan fingerprint density at radius 1 is 0.667 bits per heavy atom. The second kappa shape index (κ2) is 18.5. The van der Waals surface area contributed by atoms with E-state index in [0.717, 1.165) is 52.9 Å². The molecule has 3 N–H and O–H groups in total. The lowest BCUT2D eigenvalue weighted by Gasteiger charge is -2.40. The number of carbonyl (C=O) groups excluding carboxylic acids is 1. The molecule has 0 aromatic carbocycles. The van der Waals surface area contributed by atoms with Gasteiger partial charge in [-0.05, 0) is 151 Å². The molecule has 2 bridgehead atoms. The average Bonchev–Trinajstić information content (AvgIpc) is 3.60. The van der Waals surface area contributed by atoms with Crippen molar-refractivity contribution in [2.75, 3.05) is 0 Å². The first-order chi connectivity index (χ1) is 24.4. The highest BCUT2D eigenvalue weighted by molar-refractivity contribution is 5.72. The minimum Gasteiger partial charge on any atom is -0.462 e. The molecule has 4 aliphatic rings. The topological polar surface area (TPSA) is 87.0 Å². The van der Waals surface area contributed by atoms with E-state index in [1.165, 1.54) is 0 Å². The van der Waals surface area contributed by atoms with Gasteiger partial charge in [0.05, 0.1) is 5.92 Å². The summed E-state index contributed by atoms with van der Waals surface area (Å²) in [5.41, 5.74) is -7.71. The summed E-state index contributed by atoms with van der Waals surface area (Å²) < 4.78 is 120. The van der Waals surface area contributed by atoms with Crippen molar-refractivity contribution in [1.82, 2.24) is 0 Å². The van der Waals surface area contributed by atoms with E-state index < -0.39 is 47.2 Å². The molecule has 0 aromatic rings. The maximum absolute atomic E-state index is 12.7. The number of halogens is 9. The second-order valence-corrected chi connectivity index (χ2v) is 17.9. The number of rotatable bonds is 9. The minimum absolute atomic E-state index is 0.0443. The molecule has 4 aliphatic carbocycles. The fourth-order valence-electron chi connectivity index (χ4n) is 9.19. The number of aliphatic hydroxyl groups is 3. The van der Waals surface area contributed by atoms with E-state index >= 15 is 0 Å². The molecule has 10 unspecified atom stereocenters. The van der Waals surface area contributed by atoms with Crippen molar-refractivity contribution < 1.29 is 64.4 Å². The number of hydrogen-bond donors (Lipinski definition) is 3. The van der Waals surface area contributed by atoms with Gasteiger partial charge in [0, 0.05) is 0 Å². The lowest BCUT2D eigenvalue weighted by Crippen LogP contribution is -2.50. The molecule has 4 rings (SSSR count). The van der Waals surface area contributed by atoms with Gasteiger partial charge in [-0.2, -0.15) is 39.5 Å². The van der Waals surface area contributed by atoms with Crippen LogP contribution < -0.4 is 0 Å². The molecular formula is C40H67F9O5. The van der Waals surface area contributed by atoms with Gasteiger partial charge < -0.3 is 20.1 Å². The molecule has 0 aliphatic heterocycles. The zero-order valence-corrected chi connectivity index (χ0v) is 33.6. The molecule has 14 heteroatoms. The number of fused-ring (bicyclic) bond motifs is 2. The summed E-state index contributed by atoms with van der Waals surface area (Å²) in [7, 11) is 0. The molecule has 0 radical (unpaired) electrons. The lowest BCUT2D eigenvalue weighted by molar-refractivity contribution is -0.276. The zero-order chi connectivity index (χ0) is 41.8. The van der Waals surface area contributed by atoms with Gasteiger partial charge in [-0.3, -0.25) is 4.79 Å². The molecule has 0 heterocycles.